The fourth-order valence-corrected chi connectivity index (χ4v) is 2.90. The molecule has 2 N–H and O–H groups in total. The first-order valence-electron chi connectivity index (χ1n) is 5.75. The molecule has 1 amide bonds. The van der Waals surface area contributed by atoms with Gasteiger partial charge in [-0.1, -0.05) is 12.1 Å². The second-order valence-electron chi connectivity index (χ2n) is 4.15. The van der Waals surface area contributed by atoms with E-state index in [1.807, 2.05) is 13.0 Å². The Kier molecular flexibility index (Phi) is 5.46. The molecular weight excluding hydrogens is 268 g/mol. The molecule has 0 spiro atoms. The van der Waals surface area contributed by atoms with Gasteiger partial charge in [0, 0.05) is 13.0 Å². The maximum atomic E-state index is 12.1. The Hall–Kier alpha value is -1.44. The van der Waals surface area contributed by atoms with Gasteiger partial charge in [-0.15, -0.1) is 0 Å². The zero-order valence-electron chi connectivity index (χ0n) is 11.2. The summed E-state index contributed by atoms with van der Waals surface area (Å²) in [6.45, 7) is 3.57. The average molecular weight is 286 g/mol. The van der Waals surface area contributed by atoms with Gasteiger partial charge in [-0.3, -0.25) is 9.63 Å². The SMILES string of the molecule is CONC(=O)CCNS(=O)(=O)c1cc(C)ccc1C. The number of benzene rings is 1. The molecule has 6 nitrogen and oxygen atoms in total. The minimum Gasteiger partial charge on any atom is -0.277 e. The van der Waals surface area contributed by atoms with E-state index in [4.69, 9.17) is 0 Å². The third kappa shape index (κ3) is 4.62. The summed E-state index contributed by atoms with van der Waals surface area (Å²) in [6.07, 6.45) is 0.0118. The maximum absolute atomic E-state index is 12.1. The summed E-state index contributed by atoms with van der Waals surface area (Å²) in [5.74, 6) is -0.383. The fourth-order valence-electron chi connectivity index (χ4n) is 1.54. The molecular formula is C12H18N2O4S. The molecule has 7 heteroatoms. The predicted molar refractivity (Wildman–Crippen MR) is 70.9 cm³/mol. The lowest BCUT2D eigenvalue weighted by molar-refractivity contribution is -0.131. The van der Waals surface area contributed by atoms with Crippen molar-refractivity contribution in [3.8, 4) is 0 Å². The number of nitrogens with one attached hydrogen (secondary N) is 2. The topological polar surface area (TPSA) is 84.5 Å². The van der Waals surface area contributed by atoms with Crippen molar-refractivity contribution < 1.29 is 18.0 Å². The monoisotopic (exact) mass is 286 g/mol. The summed E-state index contributed by atoms with van der Waals surface area (Å²) in [4.78, 5) is 15.8. The van der Waals surface area contributed by atoms with Gasteiger partial charge in [-0.25, -0.2) is 18.6 Å². The largest absolute Gasteiger partial charge is 0.277 e. The van der Waals surface area contributed by atoms with Crippen LogP contribution in [0.4, 0.5) is 0 Å². The van der Waals surface area contributed by atoms with Crippen molar-refractivity contribution in [3.05, 3.63) is 29.3 Å². The molecule has 1 aromatic rings. The first kappa shape index (κ1) is 15.6. The molecule has 1 aromatic carbocycles. The van der Waals surface area contributed by atoms with Crippen molar-refractivity contribution in [1.29, 1.82) is 0 Å². The average Bonchev–Trinajstić information content (AvgIpc) is 2.32. The molecule has 19 heavy (non-hydrogen) atoms. The predicted octanol–water partition coefficient (Wildman–Crippen LogP) is 0.649. The van der Waals surface area contributed by atoms with Gasteiger partial charge in [-0.2, -0.15) is 0 Å². The lowest BCUT2D eigenvalue weighted by Crippen LogP contribution is -2.30. The zero-order chi connectivity index (χ0) is 14.5. The van der Waals surface area contributed by atoms with Crippen molar-refractivity contribution >= 4 is 15.9 Å². The summed E-state index contributed by atoms with van der Waals surface area (Å²) in [6, 6.07) is 5.20. The second kappa shape index (κ2) is 6.65. The molecule has 0 heterocycles. The molecule has 0 bridgehead atoms. The summed E-state index contributed by atoms with van der Waals surface area (Å²) in [7, 11) is -2.28. The van der Waals surface area contributed by atoms with Gasteiger partial charge in [0.05, 0.1) is 12.0 Å². The van der Waals surface area contributed by atoms with Crippen molar-refractivity contribution in [2.24, 2.45) is 0 Å². The Morgan fingerprint density at radius 3 is 2.63 bits per heavy atom. The molecule has 0 fully saturated rings. The standard InChI is InChI=1S/C12H18N2O4S/c1-9-4-5-10(2)11(8-9)19(16,17)13-7-6-12(15)14-18-3/h4-5,8,13H,6-7H2,1-3H3,(H,14,15). The van der Waals surface area contributed by atoms with Crippen LogP contribution in [-0.4, -0.2) is 28.0 Å². The number of sulfonamides is 1. The summed E-state index contributed by atoms with van der Waals surface area (Å²) in [5.41, 5.74) is 3.65. The van der Waals surface area contributed by atoms with Gasteiger partial charge >= 0.3 is 0 Å². The highest BCUT2D eigenvalue weighted by molar-refractivity contribution is 7.89. The quantitative estimate of drug-likeness (QED) is 0.752. The van der Waals surface area contributed by atoms with Gasteiger partial charge in [0.2, 0.25) is 15.9 Å². The number of aryl methyl sites for hydroxylation is 2. The number of hydroxylamine groups is 1. The van der Waals surface area contributed by atoms with Crippen molar-refractivity contribution in [2.75, 3.05) is 13.7 Å². The number of rotatable bonds is 6. The van der Waals surface area contributed by atoms with E-state index in [9.17, 15) is 13.2 Å². The Labute approximate surface area is 113 Å². The first-order chi connectivity index (χ1) is 8.86. The minimum absolute atomic E-state index is 0.0118. The van der Waals surface area contributed by atoms with Crippen LogP contribution in [-0.2, 0) is 19.7 Å². The van der Waals surface area contributed by atoms with E-state index >= 15 is 0 Å². The Morgan fingerprint density at radius 1 is 1.32 bits per heavy atom. The fraction of sp³-hybridized carbons (Fsp3) is 0.417. The highest BCUT2D eigenvalue weighted by Gasteiger charge is 2.16. The van der Waals surface area contributed by atoms with Crippen molar-refractivity contribution in [3.63, 3.8) is 0 Å². The minimum atomic E-state index is -3.59. The normalized spacial score (nSPS) is 11.3. The number of amides is 1. The lowest BCUT2D eigenvalue weighted by Gasteiger charge is -2.10. The van der Waals surface area contributed by atoms with Gasteiger partial charge in [0.1, 0.15) is 0 Å². The molecule has 0 unspecified atom stereocenters. The van der Waals surface area contributed by atoms with E-state index < -0.39 is 10.0 Å². The third-order valence-corrected chi connectivity index (χ3v) is 4.10. The molecule has 0 aliphatic carbocycles. The highest BCUT2D eigenvalue weighted by atomic mass is 32.2. The molecule has 0 saturated heterocycles. The van der Waals surface area contributed by atoms with Crippen LogP contribution in [0.2, 0.25) is 0 Å². The van der Waals surface area contributed by atoms with Gasteiger partial charge in [0.15, 0.2) is 0 Å². The second-order valence-corrected chi connectivity index (χ2v) is 5.88. The number of carbonyl (C=O) groups is 1. The molecule has 0 aromatic heterocycles. The molecule has 1 rings (SSSR count). The smallest absolute Gasteiger partial charge is 0.244 e. The number of carbonyl (C=O) groups excluding carboxylic acids is 1. The van der Waals surface area contributed by atoms with E-state index in [-0.39, 0.29) is 23.8 Å². The Morgan fingerprint density at radius 2 is 2.00 bits per heavy atom. The van der Waals surface area contributed by atoms with Crippen LogP contribution in [0.3, 0.4) is 0 Å². The van der Waals surface area contributed by atoms with Crippen LogP contribution in [0, 0.1) is 13.8 Å². The van der Waals surface area contributed by atoms with Crippen LogP contribution in [0.5, 0.6) is 0 Å². The number of hydrogen-bond acceptors (Lipinski definition) is 4. The van der Waals surface area contributed by atoms with Crippen LogP contribution in [0.25, 0.3) is 0 Å². The lowest BCUT2D eigenvalue weighted by atomic mass is 10.2. The van der Waals surface area contributed by atoms with Crippen LogP contribution in [0.15, 0.2) is 23.1 Å². The molecule has 106 valence electrons. The van der Waals surface area contributed by atoms with Gasteiger partial charge in [-0.05, 0) is 31.0 Å². The van der Waals surface area contributed by atoms with Crippen molar-refractivity contribution in [2.45, 2.75) is 25.2 Å². The number of hydrogen-bond donors (Lipinski definition) is 2. The van der Waals surface area contributed by atoms with Crippen molar-refractivity contribution in [1.82, 2.24) is 10.2 Å². The molecule has 0 atom stereocenters. The molecule has 0 aliphatic heterocycles. The van der Waals surface area contributed by atoms with Gasteiger partial charge < -0.3 is 0 Å². The van der Waals surface area contributed by atoms with Crippen LogP contribution < -0.4 is 10.2 Å². The highest BCUT2D eigenvalue weighted by Crippen LogP contribution is 2.16. The Balaban J connectivity index is 2.71. The van der Waals surface area contributed by atoms with E-state index in [0.29, 0.717) is 5.56 Å². The summed E-state index contributed by atoms with van der Waals surface area (Å²) in [5, 5.41) is 0. The Bertz CT molecular complexity index is 555. The summed E-state index contributed by atoms with van der Waals surface area (Å²) < 4.78 is 26.5. The zero-order valence-corrected chi connectivity index (χ0v) is 12.0. The summed E-state index contributed by atoms with van der Waals surface area (Å²) >= 11 is 0. The van der Waals surface area contributed by atoms with Gasteiger partial charge in [0.25, 0.3) is 0 Å². The van der Waals surface area contributed by atoms with E-state index in [1.165, 1.54) is 7.11 Å². The van der Waals surface area contributed by atoms with Crippen LogP contribution >= 0.6 is 0 Å². The molecule has 0 saturated carbocycles. The van der Waals surface area contributed by atoms with E-state index in [2.05, 4.69) is 15.0 Å². The molecule has 0 aliphatic rings. The maximum Gasteiger partial charge on any atom is 0.244 e. The molecule has 0 radical (unpaired) electrons. The third-order valence-electron chi connectivity index (χ3n) is 2.49. The van der Waals surface area contributed by atoms with Crippen LogP contribution in [0.1, 0.15) is 17.5 Å². The van der Waals surface area contributed by atoms with E-state index in [1.54, 1.807) is 19.1 Å². The van der Waals surface area contributed by atoms with E-state index in [0.717, 1.165) is 5.56 Å². The first-order valence-corrected chi connectivity index (χ1v) is 7.24.